The Bertz CT molecular complexity index is 1030. The van der Waals surface area contributed by atoms with E-state index in [-0.39, 0.29) is 23.0 Å². The summed E-state index contributed by atoms with van der Waals surface area (Å²) in [6.07, 6.45) is 0.568. The van der Waals surface area contributed by atoms with Crippen LogP contribution >= 0.6 is 11.3 Å². The van der Waals surface area contributed by atoms with Gasteiger partial charge in [-0.3, -0.25) is 10.1 Å². The topological polar surface area (TPSA) is 91.8 Å². The number of carbonyl (C=O) groups is 1. The van der Waals surface area contributed by atoms with Gasteiger partial charge >= 0.3 is 0 Å². The van der Waals surface area contributed by atoms with Crippen molar-refractivity contribution < 1.29 is 17.9 Å². The second kappa shape index (κ2) is 8.35. The molecule has 1 aromatic heterocycles. The summed E-state index contributed by atoms with van der Waals surface area (Å²) < 4.78 is 33.0. The summed E-state index contributed by atoms with van der Waals surface area (Å²) in [6.45, 7) is 6.16. The van der Waals surface area contributed by atoms with E-state index in [1.807, 2.05) is 13.8 Å². The standard InChI is InChI=1S/C20H26N4O4S2/c1-13-10-24(11-14(2)28-13)30(26,27)16-6-4-15(5-7-16)19(25)22-20-21-17-8-9-23(3)12-18(17)29-20/h4-7,13-14H,8-12H2,1-3H3,(H,21,22,25). The molecule has 30 heavy (non-hydrogen) atoms. The fraction of sp³-hybridized carbons (Fsp3) is 0.500. The number of amides is 1. The molecule has 1 amide bonds. The van der Waals surface area contributed by atoms with E-state index in [4.69, 9.17) is 4.74 Å². The summed E-state index contributed by atoms with van der Waals surface area (Å²) in [6, 6.07) is 6.04. The molecular weight excluding hydrogens is 424 g/mol. The van der Waals surface area contributed by atoms with Gasteiger partial charge in [0.05, 0.1) is 22.8 Å². The van der Waals surface area contributed by atoms with E-state index in [9.17, 15) is 13.2 Å². The molecule has 0 aliphatic carbocycles. The van der Waals surface area contributed by atoms with Gasteiger partial charge in [-0.15, -0.1) is 11.3 Å². The fourth-order valence-electron chi connectivity index (χ4n) is 3.80. The van der Waals surface area contributed by atoms with Crippen LogP contribution in [-0.2, 0) is 27.7 Å². The number of likely N-dealkylation sites (N-methyl/N-ethyl adjacent to an activating group) is 1. The van der Waals surface area contributed by atoms with E-state index in [1.165, 1.54) is 44.8 Å². The highest BCUT2D eigenvalue weighted by molar-refractivity contribution is 7.89. The average molecular weight is 451 g/mol. The number of nitrogens with zero attached hydrogens (tertiary/aromatic N) is 3. The predicted octanol–water partition coefficient (Wildman–Crippen LogP) is 2.18. The zero-order chi connectivity index (χ0) is 21.5. The summed E-state index contributed by atoms with van der Waals surface area (Å²) in [5, 5.41) is 3.41. The minimum absolute atomic E-state index is 0.155. The molecule has 162 valence electrons. The first-order valence-corrected chi connectivity index (χ1v) is 12.2. The smallest absolute Gasteiger partial charge is 0.257 e. The van der Waals surface area contributed by atoms with Crippen LogP contribution < -0.4 is 5.32 Å². The van der Waals surface area contributed by atoms with Gasteiger partial charge in [-0.1, -0.05) is 0 Å². The molecule has 4 rings (SSSR count). The first kappa shape index (κ1) is 21.4. The molecule has 0 bridgehead atoms. The maximum atomic E-state index is 12.9. The Morgan fingerprint density at radius 1 is 1.20 bits per heavy atom. The van der Waals surface area contributed by atoms with Gasteiger partial charge < -0.3 is 9.64 Å². The van der Waals surface area contributed by atoms with Gasteiger partial charge in [0.2, 0.25) is 10.0 Å². The van der Waals surface area contributed by atoms with E-state index in [1.54, 1.807) is 0 Å². The number of thiazole rings is 1. The van der Waals surface area contributed by atoms with Crippen molar-refractivity contribution in [3.8, 4) is 0 Å². The van der Waals surface area contributed by atoms with Crippen molar-refractivity contribution in [2.75, 3.05) is 32.0 Å². The lowest BCUT2D eigenvalue weighted by atomic mass is 10.2. The molecule has 8 nitrogen and oxygen atoms in total. The molecule has 1 saturated heterocycles. The third-order valence-corrected chi connectivity index (χ3v) is 8.13. The van der Waals surface area contributed by atoms with E-state index >= 15 is 0 Å². The van der Waals surface area contributed by atoms with Crippen LogP contribution in [0.15, 0.2) is 29.2 Å². The van der Waals surface area contributed by atoms with Crippen LogP contribution in [0.4, 0.5) is 5.13 Å². The highest BCUT2D eigenvalue weighted by Gasteiger charge is 2.32. The number of morpholine rings is 1. The number of carbonyl (C=O) groups excluding carboxylic acids is 1. The third-order valence-electron chi connectivity index (χ3n) is 5.28. The van der Waals surface area contributed by atoms with Crippen LogP contribution in [0.3, 0.4) is 0 Å². The first-order valence-electron chi connectivity index (χ1n) is 9.96. The normalized spacial score (nSPS) is 23.2. The fourth-order valence-corrected chi connectivity index (χ4v) is 6.47. The van der Waals surface area contributed by atoms with Crippen LogP contribution in [0.5, 0.6) is 0 Å². The summed E-state index contributed by atoms with van der Waals surface area (Å²) in [7, 11) is -1.57. The second-order valence-corrected chi connectivity index (χ2v) is 11.0. The predicted molar refractivity (Wildman–Crippen MR) is 115 cm³/mol. The van der Waals surface area contributed by atoms with E-state index in [0.29, 0.717) is 23.8 Å². The quantitative estimate of drug-likeness (QED) is 0.768. The molecule has 0 saturated carbocycles. The number of sulfonamides is 1. The molecule has 2 aliphatic rings. The lowest BCUT2D eigenvalue weighted by molar-refractivity contribution is -0.0440. The molecule has 3 heterocycles. The Morgan fingerprint density at radius 3 is 2.53 bits per heavy atom. The summed E-state index contributed by atoms with van der Waals surface area (Å²) in [4.78, 5) is 20.7. The van der Waals surface area contributed by atoms with Gasteiger partial charge in [0, 0.05) is 43.0 Å². The van der Waals surface area contributed by atoms with Crippen LogP contribution in [0.2, 0.25) is 0 Å². The SMILES string of the molecule is CC1CN(S(=O)(=O)c2ccc(C(=O)Nc3nc4c(s3)CN(C)CC4)cc2)CC(C)O1. The van der Waals surface area contributed by atoms with Gasteiger partial charge in [-0.05, 0) is 45.2 Å². The number of benzene rings is 1. The molecule has 2 aliphatic heterocycles. The minimum Gasteiger partial charge on any atom is -0.373 e. The lowest BCUT2D eigenvalue weighted by Gasteiger charge is -2.34. The molecule has 2 aromatic rings. The van der Waals surface area contributed by atoms with E-state index in [0.717, 1.165) is 25.2 Å². The highest BCUT2D eigenvalue weighted by Crippen LogP contribution is 2.28. The van der Waals surface area contributed by atoms with Gasteiger partial charge in [0.25, 0.3) is 5.91 Å². The van der Waals surface area contributed by atoms with Crippen LogP contribution in [-0.4, -0.2) is 67.4 Å². The third kappa shape index (κ3) is 4.42. The number of hydrogen-bond donors (Lipinski definition) is 1. The molecule has 1 fully saturated rings. The van der Waals surface area contributed by atoms with Crippen molar-refractivity contribution in [2.45, 2.75) is 43.9 Å². The molecule has 10 heteroatoms. The molecule has 1 aromatic carbocycles. The van der Waals surface area contributed by atoms with Gasteiger partial charge in [-0.2, -0.15) is 4.31 Å². The zero-order valence-corrected chi connectivity index (χ0v) is 18.9. The van der Waals surface area contributed by atoms with Crippen LogP contribution in [0.1, 0.15) is 34.8 Å². The number of nitrogens with one attached hydrogen (secondary N) is 1. The van der Waals surface area contributed by atoms with Crippen molar-refractivity contribution >= 4 is 32.4 Å². The van der Waals surface area contributed by atoms with Crippen molar-refractivity contribution in [2.24, 2.45) is 0 Å². The largest absolute Gasteiger partial charge is 0.373 e. The van der Waals surface area contributed by atoms with Gasteiger partial charge in [-0.25, -0.2) is 13.4 Å². The van der Waals surface area contributed by atoms with Crippen LogP contribution in [0, 0.1) is 0 Å². The number of fused-ring (bicyclic) bond motifs is 1. The maximum Gasteiger partial charge on any atom is 0.257 e. The summed E-state index contributed by atoms with van der Waals surface area (Å²) >= 11 is 1.49. The Labute approximate surface area is 180 Å². The van der Waals surface area contributed by atoms with Crippen molar-refractivity contribution in [1.29, 1.82) is 0 Å². The van der Waals surface area contributed by atoms with E-state index < -0.39 is 10.0 Å². The van der Waals surface area contributed by atoms with Crippen LogP contribution in [0.25, 0.3) is 0 Å². The molecule has 2 atom stereocenters. The Hall–Kier alpha value is -1.85. The number of ether oxygens (including phenoxy) is 1. The maximum absolute atomic E-state index is 12.9. The zero-order valence-electron chi connectivity index (χ0n) is 17.3. The van der Waals surface area contributed by atoms with Crippen molar-refractivity contribution in [3.63, 3.8) is 0 Å². The van der Waals surface area contributed by atoms with E-state index in [2.05, 4.69) is 22.2 Å². The minimum atomic E-state index is -3.63. The molecule has 0 radical (unpaired) electrons. The summed E-state index contributed by atoms with van der Waals surface area (Å²) in [5.41, 5.74) is 1.44. The number of hydrogen-bond acceptors (Lipinski definition) is 7. The molecule has 1 N–H and O–H groups in total. The Balaban J connectivity index is 1.46. The average Bonchev–Trinajstić information content (AvgIpc) is 3.08. The molecular formula is C20H26N4O4S2. The Morgan fingerprint density at radius 2 is 1.87 bits per heavy atom. The molecule has 2 unspecified atom stereocenters. The summed E-state index contributed by atoms with van der Waals surface area (Å²) in [5.74, 6) is -0.299. The van der Waals surface area contributed by atoms with Crippen molar-refractivity contribution in [1.82, 2.24) is 14.2 Å². The second-order valence-electron chi connectivity index (χ2n) is 7.93. The monoisotopic (exact) mass is 450 g/mol. The molecule has 0 spiro atoms. The Kier molecular flexibility index (Phi) is 5.95. The van der Waals surface area contributed by atoms with Gasteiger partial charge in [0.1, 0.15) is 0 Å². The first-order chi connectivity index (χ1) is 14.2. The number of aromatic nitrogens is 1. The van der Waals surface area contributed by atoms with Gasteiger partial charge in [0.15, 0.2) is 5.13 Å². The number of anilines is 1. The van der Waals surface area contributed by atoms with Crippen molar-refractivity contribution in [3.05, 3.63) is 40.4 Å². The number of rotatable bonds is 4. The highest BCUT2D eigenvalue weighted by atomic mass is 32.2. The lowest BCUT2D eigenvalue weighted by Crippen LogP contribution is -2.48.